The van der Waals surface area contributed by atoms with Crippen molar-refractivity contribution in [2.45, 2.75) is 26.0 Å². The molecule has 0 atom stereocenters. The van der Waals surface area contributed by atoms with Crippen LogP contribution in [0.2, 0.25) is 0 Å². The lowest BCUT2D eigenvalue weighted by Gasteiger charge is -2.22. The Labute approximate surface area is 111 Å². The number of nitrogens with two attached hydrogens (primary N) is 2. The molecular formula is C12H18N6O. The van der Waals surface area contributed by atoms with Crippen LogP contribution in [0, 0.1) is 0 Å². The predicted octanol–water partition coefficient (Wildman–Crippen LogP) is 0.929. The van der Waals surface area contributed by atoms with Crippen molar-refractivity contribution in [3.05, 3.63) is 18.2 Å². The number of anilines is 2. The molecule has 1 aromatic carbocycles. The van der Waals surface area contributed by atoms with Gasteiger partial charge >= 0.3 is 0 Å². The summed E-state index contributed by atoms with van der Waals surface area (Å²) in [6, 6.07) is 5.27. The molecule has 2 aromatic rings. The van der Waals surface area contributed by atoms with Crippen molar-refractivity contribution < 1.29 is 4.74 Å². The molecule has 19 heavy (non-hydrogen) atoms. The maximum absolute atomic E-state index is 5.96. The Morgan fingerprint density at radius 1 is 1.32 bits per heavy atom. The van der Waals surface area contributed by atoms with Crippen LogP contribution in [0.25, 0.3) is 11.4 Å². The molecule has 7 heteroatoms. The Balaban J connectivity index is 2.39. The first-order valence-corrected chi connectivity index (χ1v) is 5.89. The van der Waals surface area contributed by atoms with Gasteiger partial charge in [-0.2, -0.15) is 0 Å². The first-order chi connectivity index (χ1) is 8.93. The maximum Gasteiger partial charge on any atom is 0.184 e. The van der Waals surface area contributed by atoms with Crippen molar-refractivity contribution in [2.24, 2.45) is 0 Å². The minimum atomic E-state index is -0.368. The highest BCUT2D eigenvalue weighted by Gasteiger charge is 2.21. The van der Waals surface area contributed by atoms with Gasteiger partial charge < -0.3 is 16.2 Å². The number of tetrazole rings is 1. The quantitative estimate of drug-likeness (QED) is 0.794. The summed E-state index contributed by atoms with van der Waals surface area (Å²) in [6.45, 7) is 4.45. The minimum Gasteiger partial charge on any atom is -0.399 e. The van der Waals surface area contributed by atoms with Crippen LogP contribution in [0.3, 0.4) is 0 Å². The second kappa shape index (κ2) is 4.85. The molecule has 0 saturated carbocycles. The Hall–Kier alpha value is -2.15. The molecule has 4 N–H and O–H groups in total. The Kier molecular flexibility index (Phi) is 3.39. The van der Waals surface area contributed by atoms with E-state index in [0.717, 1.165) is 5.56 Å². The van der Waals surface area contributed by atoms with Crippen LogP contribution < -0.4 is 11.5 Å². The summed E-state index contributed by atoms with van der Waals surface area (Å²) >= 11 is 0. The van der Waals surface area contributed by atoms with Gasteiger partial charge in [0.2, 0.25) is 0 Å². The van der Waals surface area contributed by atoms with Gasteiger partial charge in [-0.1, -0.05) is 0 Å². The SMILES string of the molecule is COC(C)(C)Cn1nnnc1-c1ccc(N)cc1N. The zero-order valence-electron chi connectivity index (χ0n) is 11.3. The molecule has 1 heterocycles. The van der Waals surface area contributed by atoms with E-state index in [-0.39, 0.29) is 5.60 Å². The zero-order valence-corrected chi connectivity index (χ0v) is 11.3. The molecule has 7 nitrogen and oxygen atoms in total. The van der Waals surface area contributed by atoms with Gasteiger partial charge in [-0.15, -0.1) is 5.10 Å². The van der Waals surface area contributed by atoms with Crippen LogP contribution in [0.15, 0.2) is 18.2 Å². The number of nitrogen functional groups attached to an aromatic ring is 2. The first-order valence-electron chi connectivity index (χ1n) is 5.89. The van der Waals surface area contributed by atoms with E-state index in [4.69, 9.17) is 16.2 Å². The fourth-order valence-corrected chi connectivity index (χ4v) is 1.71. The minimum absolute atomic E-state index is 0.368. The summed E-state index contributed by atoms with van der Waals surface area (Å²) in [6.07, 6.45) is 0. The van der Waals surface area contributed by atoms with E-state index < -0.39 is 0 Å². The summed E-state index contributed by atoms with van der Waals surface area (Å²) in [5, 5.41) is 11.7. The maximum atomic E-state index is 5.96. The first kappa shape index (κ1) is 13.3. The van der Waals surface area contributed by atoms with Gasteiger partial charge in [-0.05, 0) is 42.5 Å². The van der Waals surface area contributed by atoms with Crippen LogP contribution in [0.5, 0.6) is 0 Å². The number of aromatic nitrogens is 4. The van der Waals surface area contributed by atoms with Gasteiger partial charge in [-0.3, -0.25) is 0 Å². The number of nitrogens with zero attached hydrogens (tertiary/aromatic N) is 4. The second-order valence-corrected chi connectivity index (χ2v) is 4.97. The molecule has 0 unspecified atom stereocenters. The summed E-state index contributed by atoms with van der Waals surface area (Å²) in [5.41, 5.74) is 13.2. The molecule has 0 aliphatic rings. The molecule has 2 rings (SSSR count). The number of ether oxygens (including phenoxy) is 1. The van der Waals surface area contributed by atoms with Crippen molar-refractivity contribution in [2.75, 3.05) is 18.6 Å². The van der Waals surface area contributed by atoms with Crippen molar-refractivity contribution >= 4 is 11.4 Å². The highest BCUT2D eigenvalue weighted by Crippen LogP contribution is 2.26. The number of hydrogen-bond donors (Lipinski definition) is 2. The third-order valence-electron chi connectivity index (χ3n) is 2.93. The van der Waals surface area contributed by atoms with Crippen LogP contribution in [-0.2, 0) is 11.3 Å². The normalized spacial score (nSPS) is 11.7. The lowest BCUT2D eigenvalue weighted by molar-refractivity contribution is 0.00539. The zero-order chi connectivity index (χ0) is 14.0. The second-order valence-electron chi connectivity index (χ2n) is 4.97. The van der Waals surface area contributed by atoms with E-state index in [1.807, 2.05) is 19.9 Å². The molecule has 0 bridgehead atoms. The Morgan fingerprint density at radius 2 is 2.05 bits per heavy atom. The average molecular weight is 262 g/mol. The van der Waals surface area contributed by atoms with Gasteiger partial charge in [-0.25, -0.2) is 4.68 Å². The third kappa shape index (κ3) is 2.82. The fourth-order valence-electron chi connectivity index (χ4n) is 1.71. The van der Waals surface area contributed by atoms with Gasteiger partial charge in [0.25, 0.3) is 0 Å². The Bertz CT molecular complexity index is 577. The molecule has 0 aliphatic carbocycles. The van der Waals surface area contributed by atoms with Crippen molar-refractivity contribution in [1.82, 2.24) is 20.2 Å². The predicted molar refractivity (Wildman–Crippen MR) is 73.2 cm³/mol. The molecule has 0 spiro atoms. The number of rotatable bonds is 4. The monoisotopic (exact) mass is 262 g/mol. The number of benzene rings is 1. The van der Waals surface area contributed by atoms with Gasteiger partial charge in [0.15, 0.2) is 5.82 Å². The Morgan fingerprint density at radius 3 is 2.68 bits per heavy atom. The largest absolute Gasteiger partial charge is 0.399 e. The summed E-state index contributed by atoms with van der Waals surface area (Å²) in [4.78, 5) is 0. The van der Waals surface area contributed by atoms with Gasteiger partial charge in [0.1, 0.15) is 0 Å². The third-order valence-corrected chi connectivity index (χ3v) is 2.93. The molecule has 0 radical (unpaired) electrons. The van der Waals surface area contributed by atoms with E-state index in [0.29, 0.717) is 23.7 Å². The molecule has 0 aliphatic heterocycles. The molecule has 102 valence electrons. The van der Waals surface area contributed by atoms with Gasteiger partial charge in [0, 0.05) is 24.0 Å². The highest BCUT2D eigenvalue weighted by molar-refractivity contribution is 5.74. The van der Waals surface area contributed by atoms with Crippen LogP contribution in [-0.4, -0.2) is 32.9 Å². The summed E-state index contributed by atoms with van der Waals surface area (Å²) < 4.78 is 7.06. The van der Waals surface area contributed by atoms with E-state index in [9.17, 15) is 0 Å². The standard InChI is InChI=1S/C12H18N6O/c1-12(2,19-3)7-18-11(15-16-17-18)9-5-4-8(13)6-10(9)14/h4-6H,7,13-14H2,1-3H3. The van der Waals surface area contributed by atoms with E-state index in [1.165, 1.54) is 0 Å². The smallest absolute Gasteiger partial charge is 0.184 e. The molecule has 0 fully saturated rings. The topological polar surface area (TPSA) is 105 Å². The highest BCUT2D eigenvalue weighted by atomic mass is 16.5. The van der Waals surface area contributed by atoms with E-state index in [1.54, 1.807) is 23.9 Å². The summed E-state index contributed by atoms with van der Waals surface area (Å²) in [7, 11) is 1.65. The molecule has 1 aromatic heterocycles. The molecular weight excluding hydrogens is 244 g/mol. The van der Waals surface area contributed by atoms with Crippen molar-refractivity contribution in [3.8, 4) is 11.4 Å². The van der Waals surface area contributed by atoms with Gasteiger partial charge in [0.05, 0.1) is 12.1 Å². The van der Waals surface area contributed by atoms with Crippen LogP contribution >= 0.6 is 0 Å². The number of methoxy groups -OCH3 is 1. The van der Waals surface area contributed by atoms with Crippen LogP contribution in [0.1, 0.15) is 13.8 Å². The van der Waals surface area contributed by atoms with Crippen molar-refractivity contribution in [1.29, 1.82) is 0 Å². The molecule has 0 amide bonds. The summed E-state index contributed by atoms with van der Waals surface area (Å²) in [5.74, 6) is 0.600. The number of hydrogen-bond acceptors (Lipinski definition) is 6. The average Bonchev–Trinajstić information content (AvgIpc) is 2.76. The molecule has 0 saturated heterocycles. The van der Waals surface area contributed by atoms with Crippen LogP contribution in [0.4, 0.5) is 11.4 Å². The van der Waals surface area contributed by atoms with Crippen molar-refractivity contribution in [3.63, 3.8) is 0 Å². The lowest BCUT2D eigenvalue weighted by Crippen LogP contribution is -2.30. The van der Waals surface area contributed by atoms with E-state index in [2.05, 4.69) is 15.5 Å². The fraction of sp³-hybridized carbons (Fsp3) is 0.417. The lowest BCUT2D eigenvalue weighted by atomic mass is 10.1. The van der Waals surface area contributed by atoms with E-state index >= 15 is 0 Å².